The van der Waals surface area contributed by atoms with Crippen molar-refractivity contribution in [2.45, 2.75) is 19.8 Å². The molecule has 0 bridgehead atoms. The van der Waals surface area contributed by atoms with Crippen LogP contribution < -0.4 is 10.5 Å². The van der Waals surface area contributed by atoms with Crippen molar-refractivity contribution in [1.82, 2.24) is 10.2 Å². The highest BCUT2D eigenvalue weighted by molar-refractivity contribution is 5.71. The average Bonchev–Trinajstić information content (AvgIpc) is 2.78. The number of nitrogens with zero attached hydrogens (tertiary/aromatic N) is 2. The molecule has 17 heavy (non-hydrogen) atoms. The second kappa shape index (κ2) is 4.45. The Labute approximate surface area is 99.6 Å². The normalized spacial score (nSPS) is 10.8. The molecule has 5 heteroatoms. The van der Waals surface area contributed by atoms with Crippen LogP contribution in [0.25, 0.3) is 11.5 Å². The largest absolute Gasteiger partial charge is 0.497 e. The van der Waals surface area contributed by atoms with Crippen LogP contribution in [0.5, 0.6) is 5.75 Å². The Morgan fingerprint density at radius 2 is 2.06 bits per heavy atom. The van der Waals surface area contributed by atoms with Gasteiger partial charge in [-0.2, -0.15) is 0 Å². The van der Waals surface area contributed by atoms with Crippen molar-refractivity contribution < 1.29 is 9.15 Å². The van der Waals surface area contributed by atoms with E-state index in [1.54, 1.807) is 13.2 Å². The molecule has 2 rings (SSSR count). The molecule has 0 saturated heterocycles. The number of nitrogen functional groups attached to an aromatic ring is 1. The molecule has 0 atom stereocenters. The van der Waals surface area contributed by atoms with Crippen LogP contribution in [-0.4, -0.2) is 17.3 Å². The van der Waals surface area contributed by atoms with E-state index in [0.717, 1.165) is 5.56 Å². The lowest BCUT2D eigenvalue weighted by molar-refractivity contribution is 0.415. The molecular formula is C12H15N3O2. The zero-order chi connectivity index (χ0) is 12.4. The lowest BCUT2D eigenvalue weighted by atomic mass is 10.1. The first-order chi connectivity index (χ1) is 8.11. The fraction of sp³-hybridized carbons (Fsp3) is 0.333. The van der Waals surface area contributed by atoms with Gasteiger partial charge in [0.25, 0.3) is 0 Å². The molecule has 0 fully saturated rings. The summed E-state index contributed by atoms with van der Waals surface area (Å²) >= 11 is 0. The number of rotatable bonds is 3. The van der Waals surface area contributed by atoms with Gasteiger partial charge in [0.05, 0.1) is 12.7 Å². The zero-order valence-electron chi connectivity index (χ0n) is 10.1. The first kappa shape index (κ1) is 11.4. The quantitative estimate of drug-likeness (QED) is 0.824. The fourth-order valence-corrected chi connectivity index (χ4v) is 1.44. The van der Waals surface area contributed by atoms with Gasteiger partial charge in [0.2, 0.25) is 11.8 Å². The number of benzene rings is 1. The molecule has 1 heterocycles. The van der Waals surface area contributed by atoms with E-state index in [1.807, 2.05) is 26.0 Å². The summed E-state index contributed by atoms with van der Waals surface area (Å²) in [7, 11) is 1.60. The van der Waals surface area contributed by atoms with Gasteiger partial charge in [-0.15, -0.1) is 10.2 Å². The number of nitrogens with two attached hydrogens (primary N) is 1. The third kappa shape index (κ3) is 2.22. The van der Waals surface area contributed by atoms with Crippen LogP contribution in [0.15, 0.2) is 22.6 Å². The molecule has 5 nitrogen and oxygen atoms in total. The SMILES string of the molecule is COc1ccc(-c2nnc(C(C)C)o2)c(N)c1. The minimum atomic E-state index is 0.204. The van der Waals surface area contributed by atoms with Crippen LogP contribution in [0.4, 0.5) is 5.69 Å². The van der Waals surface area contributed by atoms with Gasteiger partial charge in [0.1, 0.15) is 5.75 Å². The molecule has 0 aliphatic heterocycles. The number of hydrogen-bond acceptors (Lipinski definition) is 5. The molecule has 0 spiro atoms. The van der Waals surface area contributed by atoms with Crippen molar-refractivity contribution in [1.29, 1.82) is 0 Å². The first-order valence-electron chi connectivity index (χ1n) is 5.39. The maximum atomic E-state index is 5.91. The molecule has 0 aliphatic rings. The minimum Gasteiger partial charge on any atom is -0.497 e. The van der Waals surface area contributed by atoms with Gasteiger partial charge >= 0.3 is 0 Å². The lowest BCUT2D eigenvalue weighted by Gasteiger charge is -2.04. The van der Waals surface area contributed by atoms with Gasteiger partial charge in [-0.05, 0) is 12.1 Å². The highest BCUT2D eigenvalue weighted by Gasteiger charge is 2.13. The molecule has 1 aromatic heterocycles. The average molecular weight is 233 g/mol. The predicted molar refractivity (Wildman–Crippen MR) is 64.8 cm³/mol. The number of anilines is 1. The molecule has 0 aliphatic carbocycles. The van der Waals surface area contributed by atoms with E-state index in [2.05, 4.69) is 10.2 Å². The Morgan fingerprint density at radius 1 is 1.29 bits per heavy atom. The fourth-order valence-electron chi connectivity index (χ4n) is 1.44. The van der Waals surface area contributed by atoms with E-state index in [9.17, 15) is 0 Å². The molecule has 0 unspecified atom stereocenters. The van der Waals surface area contributed by atoms with Crippen LogP contribution in [0.1, 0.15) is 25.7 Å². The summed E-state index contributed by atoms with van der Waals surface area (Å²) in [6.45, 7) is 3.99. The van der Waals surface area contributed by atoms with Crippen molar-refractivity contribution in [3.63, 3.8) is 0 Å². The third-order valence-corrected chi connectivity index (χ3v) is 2.42. The van der Waals surface area contributed by atoms with E-state index < -0.39 is 0 Å². The summed E-state index contributed by atoms with van der Waals surface area (Å²) in [6.07, 6.45) is 0. The standard InChI is InChI=1S/C12H15N3O2/c1-7(2)11-14-15-12(17-11)9-5-4-8(16-3)6-10(9)13/h4-7H,13H2,1-3H3. The topological polar surface area (TPSA) is 74.2 Å². The van der Waals surface area contributed by atoms with E-state index in [0.29, 0.717) is 23.2 Å². The summed E-state index contributed by atoms with van der Waals surface area (Å²) in [5.74, 6) is 1.95. The smallest absolute Gasteiger partial charge is 0.249 e. The maximum Gasteiger partial charge on any atom is 0.249 e. The van der Waals surface area contributed by atoms with E-state index in [-0.39, 0.29) is 5.92 Å². The number of hydrogen-bond donors (Lipinski definition) is 1. The summed E-state index contributed by atoms with van der Waals surface area (Å²) in [5.41, 5.74) is 7.19. The van der Waals surface area contributed by atoms with Gasteiger partial charge in [-0.1, -0.05) is 13.8 Å². The van der Waals surface area contributed by atoms with Gasteiger partial charge < -0.3 is 14.9 Å². The van der Waals surface area contributed by atoms with Gasteiger partial charge in [0.15, 0.2) is 0 Å². The molecular weight excluding hydrogens is 218 g/mol. The summed E-state index contributed by atoms with van der Waals surface area (Å²) in [6, 6.07) is 5.35. The van der Waals surface area contributed by atoms with Crippen LogP contribution in [-0.2, 0) is 0 Å². The zero-order valence-corrected chi connectivity index (χ0v) is 10.1. The lowest BCUT2D eigenvalue weighted by Crippen LogP contribution is -1.92. The molecule has 2 aromatic rings. The van der Waals surface area contributed by atoms with Crippen LogP contribution in [0, 0.1) is 0 Å². The highest BCUT2D eigenvalue weighted by Crippen LogP contribution is 2.29. The van der Waals surface area contributed by atoms with E-state index in [1.165, 1.54) is 0 Å². The van der Waals surface area contributed by atoms with Crippen LogP contribution in [0.2, 0.25) is 0 Å². The molecule has 0 radical (unpaired) electrons. The summed E-state index contributed by atoms with van der Waals surface area (Å²) in [5, 5.41) is 7.96. The van der Waals surface area contributed by atoms with Gasteiger partial charge in [0, 0.05) is 17.7 Å². The highest BCUT2D eigenvalue weighted by atomic mass is 16.5. The van der Waals surface area contributed by atoms with Crippen molar-refractivity contribution in [3.8, 4) is 17.2 Å². The summed E-state index contributed by atoms with van der Waals surface area (Å²) < 4.78 is 10.6. The molecule has 1 aromatic carbocycles. The monoisotopic (exact) mass is 233 g/mol. The van der Waals surface area contributed by atoms with E-state index in [4.69, 9.17) is 14.9 Å². The van der Waals surface area contributed by atoms with Crippen molar-refractivity contribution >= 4 is 5.69 Å². The Morgan fingerprint density at radius 3 is 2.59 bits per heavy atom. The number of methoxy groups -OCH3 is 1. The van der Waals surface area contributed by atoms with Gasteiger partial charge in [-0.25, -0.2) is 0 Å². The Bertz CT molecular complexity index is 520. The summed E-state index contributed by atoms with van der Waals surface area (Å²) in [4.78, 5) is 0. The van der Waals surface area contributed by atoms with Crippen LogP contribution in [0.3, 0.4) is 0 Å². The Balaban J connectivity index is 2.38. The second-order valence-corrected chi connectivity index (χ2v) is 4.05. The minimum absolute atomic E-state index is 0.204. The van der Waals surface area contributed by atoms with Crippen molar-refractivity contribution in [3.05, 3.63) is 24.1 Å². The Kier molecular flexibility index (Phi) is 2.99. The predicted octanol–water partition coefficient (Wildman–Crippen LogP) is 2.45. The van der Waals surface area contributed by atoms with E-state index >= 15 is 0 Å². The number of ether oxygens (including phenoxy) is 1. The third-order valence-electron chi connectivity index (χ3n) is 2.42. The second-order valence-electron chi connectivity index (χ2n) is 4.05. The van der Waals surface area contributed by atoms with Crippen molar-refractivity contribution in [2.24, 2.45) is 0 Å². The molecule has 2 N–H and O–H groups in total. The van der Waals surface area contributed by atoms with Gasteiger partial charge in [-0.3, -0.25) is 0 Å². The van der Waals surface area contributed by atoms with Crippen molar-refractivity contribution in [2.75, 3.05) is 12.8 Å². The van der Waals surface area contributed by atoms with Crippen LogP contribution >= 0.6 is 0 Å². The Hall–Kier alpha value is -2.04. The maximum absolute atomic E-state index is 5.91. The molecule has 90 valence electrons. The molecule has 0 saturated carbocycles. The number of aromatic nitrogens is 2. The first-order valence-corrected chi connectivity index (χ1v) is 5.39. The molecule has 0 amide bonds.